The number of nitrogens with two attached hydrogens (primary N) is 1. The van der Waals surface area contributed by atoms with E-state index in [2.05, 4.69) is 4.72 Å². The lowest BCUT2D eigenvalue weighted by Crippen LogP contribution is -2.28. The Hall–Kier alpha value is -1.02. The summed E-state index contributed by atoms with van der Waals surface area (Å²) in [4.78, 5) is 0.354. The van der Waals surface area contributed by atoms with Crippen LogP contribution < -0.4 is 10.5 Å². The van der Waals surface area contributed by atoms with E-state index < -0.39 is 10.0 Å². The van der Waals surface area contributed by atoms with E-state index in [9.17, 15) is 8.42 Å². The normalized spacial score (nSPS) is 11.4. The van der Waals surface area contributed by atoms with E-state index >= 15 is 0 Å². The zero-order chi connectivity index (χ0) is 13.8. The van der Waals surface area contributed by atoms with Gasteiger partial charge in [-0.05, 0) is 18.6 Å². The molecule has 0 fully saturated rings. The molecule has 0 aliphatic heterocycles. The third-order valence-electron chi connectivity index (χ3n) is 2.36. The van der Waals surface area contributed by atoms with E-state index in [0.29, 0.717) is 17.7 Å². The Balaban J connectivity index is 3.07. The Labute approximate surface area is 112 Å². The van der Waals surface area contributed by atoms with Crippen LogP contribution in [-0.4, -0.2) is 33.7 Å². The molecule has 1 aromatic rings. The first-order valence-electron chi connectivity index (χ1n) is 5.27. The molecule has 0 bridgehead atoms. The molecule has 7 heteroatoms. The summed E-state index contributed by atoms with van der Waals surface area (Å²) < 4.78 is 31.3. The third-order valence-corrected chi connectivity index (χ3v) is 4.20. The van der Waals surface area contributed by atoms with Crippen molar-refractivity contribution in [2.75, 3.05) is 20.3 Å². The van der Waals surface area contributed by atoms with Gasteiger partial charge in [0.05, 0.1) is 11.5 Å². The van der Waals surface area contributed by atoms with E-state index in [1.807, 2.05) is 0 Å². The highest BCUT2D eigenvalue weighted by molar-refractivity contribution is 7.89. The summed E-state index contributed by atoms with van der Waals surface area (Å²) in [6.07, 6.45) is 0. The minimum absolute atomic E-state index is 0.170. The minimum atomic E-state index is -3.56. The molecule has 0 saturated heterocycles. The molecule has 0 unspecified atom stereocenters. The summed E-state index contributed by atoms with van der Waals surface area (Å²) in [5, 5.41) is 0. The predicted octanol–water partition coefficient (Wildman–Crippen LogP) is 0.554. The number of methoxy groups -OCH3 is 1. The number of hydrogen-bond acceptors (Lipinski definition) is 4. The summed E-state index contributed by atoms with van der Waals surface area (Å²) in [6.45, 7) is 2.25. The fraction of sp³-hybridized carbons (Fsp3) is 0.364. The van der Waals surface area contributed by atoms with E-state index in [1.165, 1.54) is 13.2 Å². The first-order chi connectivity index (χ1) is 8.38. The third kappa shape index (κ3) is 3.74. The van der Waals surface area contributed by atoms with Crippen molar-refractivity contribution in [1.29, 1.82) is 0 Å². The smallest absolute Gasteiger partial charge is 0.240 e. The van der Waals surface area contributed by atoms with Crippen molar-refractivity contribution in [3.05, 3.63) is 29.3 Å². The highest BCUT2D eigenvalue weighted by Crippen LogP contribution is 2.16. The van der Waals surface area contributed by atoms with Gasteiger partial charge in [0, 0.05) is 19.2 Å². The SMILES string of the molecule is COCCNS(=O)(=O)c1cc(C(N)=S)ccc1C. The van der Waals surface area contributed by atoms with Crippen LogP contribution >= 0.6 is 12.2 Å². The molecule has 0 aromatic heterocycles. The lowest BCUT2D eigenvalue weighted by Gasteiger charge is -2.10. The summed E-state index contributed by atoms with van der Waals surface area (Å²) >= 11 is 4.84. The molecule has 0 aliphatic rings. The largest absolute Gasteiger partial charge is 0.389 e. The highest BCUT2D eigenvalue weighted by Gasteiger charge is 2.17. The maximum absolute atomic E-state index is 12.1. The molecular formula is C11H16N2O3S2. The van der Waals surface area contributed by atoms with Crippen molar-refractivity contribution < 1.29 is 13.2 Å². The number of nitrogens with one attached hydrogen (secondary N) is 1. The standard InChI is InChI=1S/C11H16N2O3S2/c1-8-3-4-9(11(12)17)7-10(8)18(14,15)13-5-6-16-2/h3-4,7,13H,5-6H2,1-2H3,(H2,12,17). The van der Waals surface area contributed by atoms with Gasteiger partial charge in [0.1, 0.15) is 4.99 Å². The van der Waals surface area contributed by atoms with Crippen LogP contribution in [0.4, 0.5) is 0 Å². The summed E-state index contributed by atoms with van der Waals surface area (Å²) in [5.74, 6) is 0. The van der Waals surface area contributed by atoms with Crippen LogP contribution in [0.25, 0.3) is 0 Å². The van der Waals surface area contributed by atoms with Gasteiger partial charge >= 0.3 is 0 Å². The number of aryl methyl sites for hydroxylation is 1. The van der Waals surface area contributed by atoms with Crippen molar-refractivity contribution in [1.82, 2.24) is 4.72 Å². The van der Waals surface area contributed by atoms with Crippen molar-refractivity contribution in [2.45, 2.75) is 11.8 Å². The molecule has 3 N–H and O–H groups in total. The molecule has 18 heavy (non-hydrogen) atoms. The van der Waals surface area contributed by atoms with Crippen LogP contribution in [0.3, 0.4) is 0 Å². The average Bonchev–Trinajstić information content (AvgIpc) is 2.29. The van der Waals surface area contributed by atoms with Gasteiger partial charge in [-0.3, -0.25) is 0 Å². The van der Waals surface area contributed by atoms with Gasteiger partial charge in [-0.25, -0.2) is 13.1 Å². The van der Waals surface area contributed by atoms with E-state index in [0.717, 1.165) is 0 Å². The second-order valence-electron chi connectivity index (χ2n) is 3.74. The number of ether oxygens (including phenoxy) is 1. The Bertz CT molecular complexity index is 541. The lowest BCUT2D eigenvalue weighted by atomic mass is 10.1. The highest BCUT2D eigenvalue weighted by atomic mass is 32.2. The molecule has 100 valence electrons. The molecule has 0 heterocycles. The maximum Gasteiger partial charge on any atom is 0.240 e. The van der Waals surface area contributed by atoms with Crippen molar-refractivity contribution >= 4 is 27.2 Å². The number of sulfonamides is 1. The van der Waals surface area contributed by atoms with E-state index in [-0.39, 0.29) is 16.4 Å². The van der Waals surface area contributed by atoms with Gasteiger partial charge in [-0.2, -0.15) is 0 Å². The number of benzene rings is 1. The molecule has 0 saturated carbocycles. The first kappa shape index (κ1) is 15.0. The Morgan fingerprint density at radius 3 is 2.72 bits per heavy atom. The molecular weight excluding hydrogens is 272 g/mol. The fourth-order valence-corrected chi connectivity index (χ4v) is 2.81. The fourth-order valence-electron chi connectivity index (χ4n) is 1.40. The van der Waals surface area contributed by atoms with Crippen LogP contribution in [0.2, 0.25) is 0 Å². The minimum Gasteiger partial charge on any atom is -0.389 e. The molecule has 1 aromatic carbocycles. The van der Waals surface area contributed by atoms with Gasteiger partial charge in [0.25, 0.3) is 0 Å². The van der Waals surface area contributed by atoms with Crippen LogP contribution in [-0.2, 0) is 14.8 Å². The van der Waals surface area contributed by atoms with Gasteiger partial charge in [-0.1, -0.05) is 24.4 Å². The average molecular weight is 288 g/mol. The lowest BCUT2D eigenvalue weighted by molar-refractivity contribution is 0.204. The summed E-state index contributed by atoms with van der Waals surface area (Å²) in [7, 11) is -2.06. The molecule has 1 rings (SSSR count). The Kier molecular flexibility index (Phi) is 5.21. The molecule has 0 amide bonds. The van der Waals surface area contributed by atoms with Crippen molar-refractivity contribution in [3.63, 3.8) is 0 Å². The Morgan fingerprint density at radius 1 is 1.50 bits per heavy atom. The van der Waals surface area contributed by atoms with Crippen LogP contribution in [0.15, 0.2) is 23.1 Å². The van der Waals surface area contributed by atoms with Crippen LogP contribution in [0, 0.1) is 6.92 Å². The molecule has 0 atom stereocenters. The van der Waals surface area contributed by atoms with Gasteiger partial charge in [0.2, 0.25) is 10.0 Å². The second-order valence-corrected chi connectivity index (χ2v) is 5.91. The number of rotatable bonds is 6. The molecule has 0 radical (unpaired) electrons. The zero-order valence-electron chi connectivity index (χ0n) is 10.3. The predicted molar refractivity (Wildman–Crippen MR) is 74.1 cm³/mol. The zero-order valence-corrected chi connectivity index (χ0v) is 11.9. The quantitative estimate of drug-likeness (QED) is 0.590. The first-order valence-corrected chi connectivity index (χ1v) is 7.16. The van der Waals surface area contributed by atoms with Gasteiger partial charge in [-0.15, -0.1) is 0 Å². The van der Waals surface area contributed by atoms with E-state index in [4.69, 9.17) is 22.7 Å². The van der Waals surface area contributed by atoms with Crippen molar-refractivity contribution in [3.8, 4) is 0 Å². The van der Waals surface area contributed by atoms with Gasteiger partial charge in [0.15, 0.2) is 0 Å². The van der Waals surface area contributed by atoms with Crippen molar-refractivity contribution in [2.24, 2.45) is 5.73 Å². The van der Waals surface area contributed by atoms with E-state index in [1.54, 1.807) is 19.1 Å². The summed E-state index contributed by atoms with van der Waals surface area (Å²) in [5.41, 5.74) is 6.66. The van der Waals surface area contributed by atoms with Crippen LogP contribution in [0.5, 0.6) is 0 Å². The number of hydrogen-bond donors (Lipinski definition) is 2. The number of thiocarbonyl (C=S) groups is 1. The maximum atomic E-state index is 12.1. The monoisotopic (exact) mass is 288 g/mol. The molecule has 5 nitrogen and oxygen atoms in total. The second kappa shape index (κ2) is 6.24. The van der Waals surface area contributed by atoms with Gasteiger partial charge < -0.3 is 10.5 Å². The molecule has 0 aliphatic carbocycles. The van der Waals surface area contributed by atoms with Crippen LogP contribution in [0.1, 0.15) is 11.1 Å². The Morgan fingerprint density at radius 2 is 2.17 bits per heavy atom. The molecule has 0 spiro atoms. The summed E-state index contributed by atoms with van der Waals surface area (Å²) in [6, 6.07) is 4.86. The topological polar surface area (TPSA) is 81.4 Å².